The summed E-state index contributed by atoms with van der Waals surface area (Å²) in [6.45, 7) is 0. The third-order valence-corrected chi connectivity index (χ3v) is 10.2. The van der Waals surface area contributed by atoms with Crippen molar-refractivity contribution in [3.63, 3.8) is 0 Å². The molecule has 0 aliphatic rings. The molecule has 0 radical (unpaired) electrons. The first-order valence-electron chi connectivity index (χ1n) is 16.7. The van der Waals surface area contributed by atoms with Crippen molar-refractivity contribution in [2.75, 3.05) is 0 Å². The van der Waals surface area contributed by atoms with Crippen LogP contribution in [0.3, 0.4) is 0 Å². The lowest BCUT2D eigenvalue weighted by atomic mass is 9.83. The zero-order chi connectivity index (χ0) is 31.6. The van der Waals surface area contributed by atoms with Crippen LogP contribution in [0, 0.1) is 0 Å². The maximum absolute atomic E-state index is 2.44. The van der Waals surface area contributed by atoms with Gasteiger partial charge in [-0.1, -0.05) is 164 Å². The third kappa shape index (κ3) is 4.10. The van der Waals surface area contributed by atoms with E-state index in [-0.39, 0.29) is 0 Å². The molecular weight excluding hydrogens is 577 g/mol. The molecule has 10 aromatic carbocycles. The molecule has 222 valence electrons. The van der Waals surface area contributed by atoms with E-state index in [1.54, 1.807) is 0 Å². The van der Waals surface area contributed by atoms with Crippen LogP contribution in [-0.4, -0.2) is 0 Å². The van der Waals surface area contributed by atoms with Crippen molar-refractivity contribution >= 4 is 64.6 Å². The molecule has 0 fully saturated rings. The Hall–Kier alpha value is -6.24. The van der Waals surface area contributed by atoms with Crippen LogP contribution >= 0.6 is 0 Å². The molecule has 0 amide bonds. The summed E-state index contributed by atoms with van der Waals surface area (Å²) >= 11 is 0. The van der Waals surface area contributed by atoms with Crippen molar-refractivity contribution in [2.45, 2.75) is 0 Å². The minimum atomic E-state index is 1.22. The molecule has 0 atom stereocenters. The molecule has 0 bridgehead atoms. The van der Waals surface area contributed by atoms with Gasteiger partial charge < -0.3 is 0 Å². The summed E-state index contributed by atoms with van der Waals surface area (Å²) in [4.78, 5) is 0. The summed E-state index contributed by atoms with van der Waals surface area (Å²) in [7, 11) is 0. The van der Waals surface area contributed by atoms with Crippen LogP contribution in [0.5, 0.6) is 0 Å². The summed E-state index contributed by atoms with van der Waals surface area (Å²) < 4.78 is 0. The van der Waals surface area contributed by atoms with Gasteiger partial charge in [0.25, 0.3) is 0 Å². The van der Waals surface area contributed by atoms with E-state index >= 15 is 0 Å². The van der Waals surface area contributed by atoms with Gasteiger partial charge in [-0.25, -0.2) is 0 Å². The lowest BCUT2D eigenvalue weighted by Gasteiger charge is -2.20. The zero-order valence-corrected chi connectivity index (χ0v) is 26.3. The molecule has 48 heavy (non-hydrogen) atoms. The Labute approximate surface area is 279 Å². The van der Waals surface area contributed by atoms with Crippen LogP contribution in [0.2, 0.25) is 0 Å². The van der Waals surface area contributed by atoms with Crippen LogP contribution in [0.4, 0.5) is 0 Å². The number of hydrogen-bond acceptors (Lipinski definition) is 0. The van der Waals surface area contributed by atoms with Crippen molar-refractivity contribution < 1.29 is 0 Å². The highest BCUT2D eigenvalue weighted by molar-refractivity contribution is 6.27. The summed E-state index contributed by atoms with van der Waals surface area (Å²) in [5.74, 6) is 0. The fourth-order valence-electron chi connectivity index (χ4n) is 8.02. The van der Waals surface area contributed by atoms with Gasteiger partial charge in [-0.05, 0) is 116 Å². The van der Waals surface area contributed by atoms with Crippen molar-refractivity contribution in [3.8, 4) is 33.4 Å². The molecule has 0 nitrogen and oxygen atoms in total. The van der Waals surface area contributed by atoms with Crippen LogP contribution in [0.1, 0.15) is 0 Å². The van der Waals surface area contributed by atoms with E-state index in [4.69, 9.17) is 0 Å². The molecule has 10 aromatic rings. The predicted molar refractivity (Wildman–Crippen MR) is 208 cm³/mol. The minimum Gasteiger partial charge on any atom is -0.0622 e. The molecule has 0 unspecified atom stereocenters. The first-order valence-corrected chi connectivity index (χ1v) is 16.7. The van der Waals surface area contributed by atoms with Crippen molar-refractivity contribution in [1.29, 1.82) is 0 Å². The van der Waals surface area contributed by atoms with E-state index in [1.165, 1.54) is 98.0 Å². The van der Waals surface area contributed by atoms with Crippen LogP contribution in [0.25, 0.3) is 98.0 Å². The lowest BCUT2D eigenvalue weighted by Crippen LogP contribution is -1.92. The Morgan fingerprint density at radius 3 is 1.29 bits per heavy atom. The standard InChI is InChI=1S/C48H30/c1-2-12-31(13-3-1)34-24-27-44-46(29-34)48(35-23-22-32-14-4-5-15-33(32)28-35)43-21-11-10-20-42(43)47(44)36-25-26-41-39-18-7-6-16-37(39)38-17-8-9-19-40(38)45(41)30-36/h1-30H. The van der Waals surface area contributed by atoms with Gasteiger partial charge in [-0.15, -0.1) is 0 Å². The first-order chi connectivity index (χ1) is 23.8. The zero-order valence-electron chi connectivity index (χ0n) is 26.3. The van der Waals surface area contributed by atoms with Crippen molar-refractivity contribution in [1.82, 2.24) is 0 Å². The molecule has 0 saturated carbocycles. The molecule has 0 heteroatoms. The Kier molecular flexibility index (Phi) is 5.98. The highest BCUT2D eigenvalue weighted by Crippen LogP contribution is 2.46. The smallest absolute Gasteiger partial charge is 0.00259 e. The topological polar surface area (TPSA) is 0 Å². The lowest BCUT2D eigenvalue weighted by molar-refractivity contribution is 1.64. The summed E-state index contributed by atoms with van der Waals surface area (Å²) in [5, 5.41) is 15.4. The Bertz CT molecular complexity index is 2840. The molecule has 0 saturated heterocycles. The second-order valence-corrected chi connectivity index (χ2v) is 12.8. The van der Waals surface area contributed by atoms with Gasteiger partial charge in [0.1, 0.15) is 0 Å². The molecule has 0 aromatic heterocycles. The van der Waals surface area contributed by atoms with Gasteiger partial charge in [0.15, 0.2) is 0 Å². The van der Waals surface area contributed by atoms with Crippen molar-refractivity contribution in [3.05, 3.63) is 182 Å². The second kappa shape index (κ2) is 10.7. The number of benzene rings is 10. The van der Waals surface area contributed by atoms with E-state index in [1.807, 2.05) is 0 Å². The highest BCUT2D eigenvalue weighted by atomic mass is 14.2. The number of rotatable bonds is 3. The Balaban J connectivity index is 1.34. The van der Waals surface area contributed by atoms with E-state index in [9.17, 15) is 0 Å². The summed E-state index contributed by atoms with van der Waals surface area (Å²) in [6, 6.07) is 67.2. The van der Waals surface area contributed by atoms with Gasteiger partial charge in [0, 0.05) is 0 Å². The normalized spacial score (nSPS) is 11.8. The molecule has 0 spiro atoms. The number of hydrogen-bond donors (Lipinski definition) is 0. The van der Waals surface area contributed by atoms with Crippen molar-refractivity contribution in [2.24, 2.45) is 0 Å². The number of fused-ring (bicyclic) bond motifs is 9. The van der Waals surface area contributed by atoms with E-state index in [0.29, 0.717) is 0 Å². The Morgan fingerprint density at radius 1 is 0.188 bits per heavy atom. The fraction of sp³-hybridized carbons (Fsp3) is 0. The third-order valence-electron chi connectivity index (χ3n) is 10.2. The average Bonchev–Trinajstić information content (AvgIpc) is 3.17. The van der Waals surface area contributed by atoms with E-state index < -0.39 is 0 Å². The molecular formula is C48H30. The predicted octanol–water partition coefficient (Wildman–Crippen LogP) is 13.6. The second-order valence-electron chi connectivity index (χ2n) is 12.8. The molecule has 0 aliphatic carbocycles. The highest BCUT2D eigenvalue weighted by Gasteiger charge is 2.19. The molecule has 0 N–H and O–H groups in total. The first kappa shape index (κ1) is 26.9. The monoisotopic (exact) mass is 606 g/mol. The van der Waals surface area contributed by atoms with Gasteiger partial charge in [0.05, 0.1) is 0 Å². The van der Waals surface area contributed by atoms with Gasteiger partial charge in [0.2, 0.25) is 0 Å². The minimum absolute atomic E-state index is 1.22. The molecule has 0 heterocycles. The van der Waals surface area contributed by atoms with Gasteiger partial charge >= 0.3 is 0 Å². The van der Waals surface area contributed by atoms with E-state index in [2.05, 4.69) is 182 Å². The van der Waals surface area contributed by atoms with Gasteiger partial charge in [-0.2, -0.15) is 0 Å². The maximum Gasteiger partial charge on any atom is -0.00259 e. The summed E-state index contributed by atoms with van der Waals surface area (Å²) in [5.41, 5.74) is 7.49. The van der Waals surface area contributed by atoms with Crippen LogP contribution < -0.4 is 0 Å². The largest absolute Gasteiger partial charge is 0.0622 e. The Morgan fingerprint density at radius 2 is 0.604 bits per heavy atom. The van der Waals surface area contributed by atoms with E-state index in [0.717, 1.165) is 0 Å². The SMILES string of the molecule is c1ccc(-c2ccc3c(-c4ccc5c6ccccc6c6ccccc6c5c4)c4ccccc4c(-c4ccc5ccccc5c4)c3c2)cc1. The quantitative estimate of drug-likeness (QED) is 0.139. The molecule has 10 rings (SSSR count). The van der Waals surface area contributed by atoms with Crippen LogP contribution in [0.15, 0.2) is 182 Å². The summed E-state index contributed by atoms with van der Waals surface area (Å²) in [6.07, 6.45) is 0. The fourth-order valence-corrected chi connectivity index (χ4v) is 8.02. The van der Waals surface area contributed by atoms with Gasteiger partial charge in [-0.3, -0.25) is 0 Å². The van der Waals surface area contributed by atoms with Crippen LogP contribution in [-0.2, 0) is 0 Å². The maximum atomic E-state index is 2.44. The molecule has 0 aliphatic heterocycles. The average molecular weight is 607 g/mol.